The summed E-state index contributed by atoms with van der Waals surface area (Å²) in [5.74, 6) is 0.0628. The molecule has 0 bridgehead atoms. The van der Waals surface area contributed by atoms with Crippen molar-refractivity contribution in [2.24, 2.45) is 13.0 Å². The van der Waals surface area contributed by atoms with E-state index < -0.39 is 16.1 Å². The maximum atomic E-state index is 12.8. The zero-order valence-corrected chi connectivity index (χ0v) is 16.1. The number of hydrogen-bond acceptors (Lipinski definition) is 5. The van der Waals surface area contributed by atoms with Crippen molar-refractivity contribution in [3.8, 4) is 0 Å². The monoisotopic (exact) mass is 383 g/mol. The van der Waals surface area contributed by atoms with Crippen molar-refractivity contribution in [1.29, 1.82) is 0 Å². The number of fused-ring (bicyclic) bond motifs is 1. The third-order valence-electron chi connectivity index (χ3n) is 4.73. The largest absolute Gasteiger partial charge is 0.339 e. The fraction of sp³-hybridized carbons (Fsp3) is 0.688. The number of nitrogens with zero attached hydrogens (tertiary/aromatic N) is 5. The maximum Gasteiger partial charge on any atom is 0.262 e. The Bertz CT molecular complexity index is 803. The van der Waals surface area contributed by atoms with Gasteiger partial charge in [0.15, 0.2) is 5.03 Å². The smallest absolute Gasteiger partial charge is 0.262 e. The van der Waals surface area contributed by atoms with Gasteiger partial charge >= 0.3 is 0 Å². The van der Waals surface area contributed by atoms with Gasteiger partial charge in [0.25, 0.3) is 10.0 Å². The number of piperazine rings is 1. The van der Waals surface area contributed by atoms with E-state index in [1.54, 1.807) is 16.5 Å². The minimum atomic E-state index is -3.74. The number of aromatic nitrogens is 2. The molecule has 0 radical (unpaired) electrons. The van der Waals surface area contributed by atoms with Gasteiger partial charge in [-0.3, -0.25) is 9.59 Å². The van der Waals surface area contributed by atoms with Crippen LogP contribution in [0.5, 0.6) is 0 Å². The van der Waals surface area contributed by atoms with E-state index in [1.165, 1.54) is 21.7 Å². The number of carbonyl (C=O) groups is 2. The molecule has 2 fully saturated rings. The molecule has 2 saturated heterocycles. The van der Waals surface area contributed by atoms with Crippen LogP contribution in [0.1, 0.15) is 20.3 Å². The molecular weight excluding hydrogens is 358 g/mol. The third kappa shape index (κ3) is 3.48. The Kier molecular flexibility index (Phi) is 5.07. The highest BCUT2D eigenvalue weighted by atomic mass is 32.2. The van der Waals surface area contributed by atoms with E-state index in [9.17, 15) is 18.0 Å². The highest BCUT2D eigenvalue weighted by molar-refractivity contribution is 7.89. The lowest BCUT2D eigenvalue weighted by Gasteiger charge is -2.39. The Morgan fingerprint density at radius 3 is 2.58 bits per heavy atom. The molecule has 9 nitrogen and oxygen atoms in total. The molecule has 0 aromatic carbocycles. The van der Waals surface area contributed by atoms with Crippen LogP contribution >= 0.6 is 0 Å². The predicted octanol–water partition coefficient (Wildman–Crippen LogP) is -0.490. The van der Waals surface area contributed by atoms with Gasteiger partial charge in [-0.1, -0.05) is 13.8 Å². The minimum Gasteiger partial charge on any atom is -0.339 e. The van der Waals surface area contributed by atoms with Crippen LogP contribution in [0.4, 0.5) is 0 Å². The molecule has 10 heteroatoms. The van der Waals surface area contributed by atoms with Crippen molar-refractivity contribution >= 4 is 21.8 Å². The van der Waals surface area contributed by atoms with Crippen LogP contribution in [-0.4, -0.2) is 82.7 Å². The second-order valence-corrected chi connectivity index (χ2v) is 9.17. The van der Waals surface area contributed by atoms with E-state index in [0.717, 1.165) is 0 Å². The molecule has 1 aromatic rings. The summed E-state index contributed by atoms with van der Waals surface area (Å²) in [5.41, 5.74) is 0. The average Bonchev–Trinajstić information content (AvgIpc) is 2.87. The molecule has 26 heavy (non-hydrogen) atoms. The number of hydrogen-bond donors (Lipinski definition) is 0. The lowest BCUT2D eigenvalue weighted by Crippen LogP contribution is -2.60. The number of rotatable bonds is 4. The molecule has 0 aliphatic carbocycles. The van der Waals surface area contributed by atoms with E-state index >= 15 is 0 Å². The first-order chi connectivity index (χ1) is 12.2. The topological polar surface area (TPSA) is 95.8 Å². The first-order valence-electron chi connectivity index (χ1n) is 8.76. The minimum absolute atomic E-state index is 0.0149. The van der Waals surface area contributed by atoms with Crippen molar-refractivity contribution in [1.82, 2.24) is 23.7 Å². The zero-order valence-electron chi connectivity index (χ0n) is 15.3. The molecule has 144 valence electrons. The summed E-state index contributed by atoms with van der Waals surface area (Å²) < 4.78 is 28.5. The van der Waals surface area contributed by atoms with Crippen molar-refractivity contribution in [3.05, 3.63) is 12.5 Å². The highest BCUT2D eigenvalue weighted by Crippen LogP contribution is 2.23. The molecule has 2 amide bonds. The van der Waals surface area contributed by atoms with Crippen molar-refractivity contribution < 1.29 is 18.0 Å². The second kappa shape index (κ2) is 6.99. The summed E-state index contributed by atoms with van der Waals surface area (Å²) in [4.78, 5) is 32.3. The van der Waals surface area contributed by atoms with Gasteiger partial charge in [0, 0.05) is 39.4 Å². The van der Waals surface area contributed by atoms with E-state index in [0.29, 0.717) is 13.0 Å². The van der Waals surface area contributed by atoms with Crippen LogP contribution in [0.2, 0.25) is 0 Å². The Hall–Kier alpha value is -1.94. The van der Waals surface area contributed by atoms with Crippen LogP contribution in [0.15, 0.2) is 17.6 Å². The molecule has 1 atom stereocenters. The number of imidazole rings is 1. The summed E-state index contributed by atoms with van der Waals surface area (Å²) >= 11 is 0. The summed E-state index contributed by atoms with van der Waals surface area (Å²) in [7, 11) is -2.03. The fourth-order valence-corrected chi connectivity index (χ4v) is 4.91. The predicted molar refractivity (Wildman–Crippen MR) is 93.5 cm³/mol. The molecule has 3 heterocycles. The molecular formula is C16H25N5O4S. The first kappa shape index (κ1) is 18.8. The molecule has 0 saturated carbocycles. The van der Waals surface area contributed by atoms with Crippen LogP contribution in [0.3, 0.4) is 0 Å². The molecule has 1 aromatic heterocycles. The Morgan fingerprint density at radius 2 is 1.96 bits per heavy atom. The number of amides is 2. The maximum absolute atomic E-state index is 12.8. The quantitative estimate of drug-likeness (QED) is 0.699. The standard InChI is InChI=1S/C16H25N5O4S/c1-12(2)8-19-10-15(22)21-7-6-20(5-4-13(21)16(19)23)26(24,25)14-9-18(3)11-17-14/h9,11-13H,4-8,10H2,1-3H3. The van der Waals surface area contributed by atoms with Gasteiger partial charge in [-0.25, -0.2) is 13.4 Å². The Balaban J connectivity index is 1.79. The summed E-state index contributed by atoms with van der Waals surface area (Å²) in [6.07, 6.45) is 3.18. The fourth-order valence-electron chi connectivity index (χ4n) is 3.50. The van der Waals surface area contributed by atoms with Gasteiger partial charge in [-0.05, 0) is 12.3 Å². The van der Waals surface area contributed by atoms with E-state index in [-0.39, 0.29) is 48.9 Å². The molecule has 3 rings (SSSR count). The van der Waals surface area contributed by atoms with E-state index in [4.69, 9.17) is 0 Å². The summed E-state index contributed by atoms with van der Waals surface area (Å²) in [6, 6.07) is -0.584. The zero-order chi connectivity index (χ0) is 19.1. The normalized spacial score (nSPS) is 22.7. The summed E-state index contributed by atoms with van der Waals surface area (Å²) in [6.45, 7) is 5.17. The summed E-state index contributed by atoms with van der Waals surface area (Å²) in [5, 5.41) is -0.0149. The first-order valence-corrected chi connectivity index (χ1v) is 10.2. The molecule has 2 aliphatic rings. The average molecular weight is 383 g/mol. The third-order valence-corrected chi connectivity index (χ3v) is 6.52. The molecule has 2 aliphatic heterocycles. The SMILES string of the molecule is CC(C)CN1CC(=O)N2CCN(S(=O)(=O)c3cn(C)cn3)CCC2C1=O. The van der Waals surface area contributed by atoms with Crippen molar-refractivity contribution in [3.63, 3.8) is 0 Å². The van der Waals surface area contributed by atoms with Crippen molar-refractivity contribution in [2.45, 2.75) is 31.3 Å². The van der Waals surface area contributed by atoms with E-state index in [1.807, 2.05) is 13.8 Å². The van der Waals surface area contributed by atoms with Gasteiger partial charge in [0.1, 0.15) is 6.04 Å². The lowest BCUT2D eigenvalue weighted by atomic mass is 10.1. The van der Waals surface area contributed by atoms with E-state index in [2.05, 4.69) is 4.98 Å². The van der Waals surface area contributed by atoms with Gasteiger partial charge in [0.2, 0.25) is 11.8 Å². The highest BCUT2D eigenvalue weighted by Gasteiger charge is 2.42. The van der Waals surface area contributed by atoms with Gasteiger partial charge in [0.05, 0.1) is 12.9 Å². The number of carbonyl (C=O) groups excluding carboxylic acids is 2. The molecule has 0 N–H and O–H groups in total. The molecule has 0 spiro atoms. The number of aryl methyl sites for hydroxylation is 1. The lowest BCUT2D eigenvalue weighted by molar-refractivity contribution is -0.156. The van der Waals surface area contributed by atoms with Gasteiger partial charge in [-0.2, -0.15) is 4.31 Å². The number of sulfonamides is 1. The van der Waals surface area contributed by atoms with Gasteiger partial charge in [-0.15, -0.1) is 0 Å². The Morgan fingerprint density at radius 1 is 1.23 bits per heavy atom. The van der Waals surface area contributed by atoms with Crippen LogP contribution in [-0.2, 0) is 26.7 Å². The van der Waals surface area contributed by atoms with Crippen LogP contribution < -0.4 is 0 Å². The Labute approximate surface area is 153 Å². The second-order valence-electron chi connectivity index (χ2n) is 7.29. The van der Waals surface area contributed by atoms with Crippen LogP contribution in [0, 0.1) is 5.92 Å². The van der Waals surface area contributed by atoms with Crippen LogP contribution in [0.25, 0.3) is 0 Å². The van der Waals surface area contributed by atoms with Gasteiger partial charge < -0.3 is 14.4 Å². The van der Waals surface area contributed by atoms with Crippen molar-refractivity contribution in [2.75, 3.05) is 32.7 Å². The molecule has 1 unspecified atom stereocenters.